The first-order chi connectivity index (χ1) is 7.09. The highest BCUT2D eigenvalue weighted by molar-refractivity contribution is 5.08. The van der Waals surface area contributed by atoms with Gasteiger partial charge in [-0.25, -0.2) is 0 Å². The zero-order valence-electron chi connectivity index (χ0n) is 10.0. The van der Waals surface area contributed by atoms with Crippen molar-refractivity contribution in [3.63, 3.8) is 0 Å². The van der Waals surface area contributed by atoms with E-state index in [4.69, 9.17) is 4.74 Å². The Morgan fingerprint density at radius 3 is 2.73 bits per heavy atom. The highest BCUT2D eigenvalue weighted by Crippen LogP contribution is 2.09. The minimum absolute atomic E-state index is 0.306. The first kappa shape index (κ1) is 12.2. The van der Waals surface area contributed by atoms with Crippen molar-refractivity contribution >= 4 is 0 Å². The third-order valence-corrected chi connectivity index (χ3v) is 2.23. The van der Waals surface area contributed by atoms with Crippen molar-refractivity contribution in [3.05, 3.63) is 18.0 Å². The maximum atomic E-state index is 5.45. The van der Waals surface area contributed by atoms with Crippen LogP contribution >= 0.6 is 0 Å². The molecule has 0 radical (unpaired) electrons. The quantitative estimate of drug-likeness (QED) is 0.725. The number of nitrogens with zero attached hydrogens (tertiary/aromatic N) is 2. The van der Waals surface area contributed by atoms with Gasteiger partial charge in [-0.3, -0.25) is 4.68 Å². The Balaban J connectivity index is 2.21. The molecule has 4 nitrogen and oxygen atoms in total. The summed E-state index contributed by atoms with van der Waals surface area (Å²) >= 11 is 0. The summed E-state index contributed by atoms with van der Waals surface area (Å²) in [5, 5.41) is 7.53. The Morgan fingerprint density at radius 2 is 2.20 bits per heavy atom. The normalized spacial score (nSPS) is 13.4. The van der Waals surface area contributed by atoms with Crippen LogP contribution in [0.15, 0.2) is 12.4 Å². The molecule has 0 aromatic carbocycles. The van der Waals surface area contributed by atoms with Gasteiger partial charge in [-0.15, -0.1) is 0 Å². The standard InChI is InChI=1S/C11H21N3O/c1-9(2)15-6-5-12-10(3)11-7-13-14(4)8-11/h7-10,12H,5-6H2,1-4H3. The molecule has 15 heavy (non-hydrogen) atoms. The number of rotatable bonds is 6. The summed E-state index contributed by atoms with van der Waals surface area (Å²) in [7, 11) is 1.93. The van der Waals surface area contributed by atoms with Crippen LogP contribution in [0.3, 0.4) is 0 Å². The fraction of sp³-hybridized carbons (Fsp3) is 0.727. The molecule has 1 atom stereocenters. The molecule has 1 unspecified atom stereocenters. The molecule has 0 aliphatic rings. The summed E-state index contributed by atoms with van der Waals surface area (Å²) in [6.07, 6.45) is 4.22. The number of hydrogen-bond donors (Lipinski definition) is 1. The summed E-state index contributed by atoms with van der Waals surface area (Å²) < 4.78 is 7.27. The molecule has 0 amide bonds. The van der Waals surface area contributed by atoms with Crippen molar-refractivity contribution in [2.45, 2.75) is 32.9 Å². The van der Waals surface area contributed by atoms with Gasteiger partial charge in [0.1, 0.15) is 0 Å². The maximum absolute atomic E-state index is 5.45. The second kappa shape index (κ2) is 5.88. The number of nitrogens with one attached hydrogen (secondary N) is 1. The number of hydrogen-bond acceptors (Lipinski definition) is 3. The molecular formula is C11H21N3O. The van der Waals surface area contributed by atoms with Gasteiger partial charge in [0.25, 0.3) is 0 Å². The van der Waals surface area contributed by atoms with E-state index in [0.717, 1.165) is 13.2 Å². The summed E-state index contributed by atoms with van der Waals surface area (Å²) in [6, 6.07) is 0.328. The molecule has 0 bridgehead atoms. The van der Waals surface area contributed by atoms with Crippen molar-refractivity contribution in [2.24, 2.45) is 7.05 Å². The van der Waals surface area contributed by atoms with Crippen LogP contribution in [0.5, 0.6) is 0 Å². The van der Waals surface area contributed by atoms with Crippen LogP contribution in [0.1, 0.15) is 32.4 Å². The maximum Gasteiger partial charge on any atom is 0.0594 e. The lowest BCUT2D eigenvalue weighted by molar-refractivity contribution is 0.0796. The molecule has 1 heterocycles. The van der Waals surface area contributed by atoms with Crippen LogP contribution in [0.2, 0.25) is 0 Å². The Kier molecular flexibility index (Phi) is 4.78. The van der Waals surface area contributed by atoms with Gasteiger partial charge in [0.2, 0.25) is 0 Å². The Bertz CT molecular complexity index is 283. The Hall–Kier alpha value is -0.870. The molecule has 86 valence electrons. The molecule has 1 aromatic rings. The molecule has 0 aliphatic carbocycles. The molecule has 1 rings (SSSR count). The van der Waals surface area contributed by atoms with E-state index in [2.05, 4.69) is 17.3 Å². The fourth-order valence-corrected chi connectivity index (χ4v) is 1.35. The van der Waals surface area contributed by atoms with E-state index >= 15 is 0 Å². The third kappa shape index (κ3) is 4.44. The van der Waals surface area contributed by atoms with Gasteiger partial charge in [-0.2, -0.15) is 5.10 Å². The van der Waals surface area contributed by atoms with E-state index in [0.29, 0.717) is 12.1 Å². The van der Waals surface area contributed by atoms with Crippen LogP contribution in [0.25, 0.3) is 0 Å². The molecular weight excluding hydrogens is 190 g/mol. The van der Waals surface area contributed by atoms with Gasteiger partial charge in [0.05, 0.1) is 18.9 Å². The zero-order valence-corrected chi connectivity index (χ0v) is 10.0. The zero-order chi connectivity index (χ0) is 11.3. The van der Waals surface area contributed by atoms with Crippen molar-refractivity contribution in [1.82, 2.24) is 15.1 Å². The van der Waals surface area contributed by atoms with Crippen molar-refractivity contribution in [3.8, 4) is 0 Å². The predicted molar refractivity (Wildman–Crippen MR) is 60.7 cm³/mol. The van der Waals surface area contributed by atoms with E-state index < -0.39 is 0 Å². The van der Waals surface area contributed by atoms with E-state index in [1.54, 1.807) is 0 Å². The van der Waals surface area contributed by atoms with Crippen LogP contribution in [0, 0.1) is 0 Å². The summed E-state index contributed by atoms with van der Waals surface area (Å²) in [5.74, 6) is 0. The summed E-state index contributed by atoms with van der Waals surface area (Å²) in [5.41, 5.74) is 1.21. The van der Waals surface area contributed by atoms with Gasteiger partial charge >= 0.3 is 0 Å². The summed E-state index contributed by atoms with van der Waals surface area (Å²) in [6.45, 7) is 7.85. The van der Waals surface area contributed by atoms with Gasteiger partial charge in [0, 0.05) is 31.4 Å². The van der Waals surface area contributed by atoms with Crippen molar-refractivity contribution in [2.75, 3.05) is 13.2 Å². The lowest BCUT2D eigenvalue weighted by Gasteiger charge is -2.13. The molecule has 0 fully saturated rings. The second-order valence-corrected chi connectivity index (χ2v) is 4.04. The number of aryl methyl sites for hydroxylation is 1. The highest BCUT2D eigenvalue weighted by atomic mass is 16.5. The number of aromatic nitrogens is 2. The average molecular weight is 211 g/mol. The van der Waals surface area contributed by atoms with Crippen LogP contribution in [0.4, 0.5) is 0 Å². The topological polar surface area (TPSA) is 39.1 Å². The average Bonchev–Trinajstić information content (AvgIpc) is 2.59. The molecule has 0 spiro atoms. The Morgan fingerprint density at radius 1 is 1.47 bits per heavy atom. The lowest BCUT2D eigenvalue weighted by Crippen LogP contribution is -2.24. The molecule has 0 saturated heterocycles. The van der Waals surface area contributed by atoms with Gasteiger partial charge in [-0.1, -0.05) is 0 Å². The van der Waals surface area contributed by atoms with E-state index in [1.165, 1.54) is 5.56 Å². The fourth-order valence-electron chi connectivity index (χ4n) is 1.35. The Labute approximate surface area is 91.6 Å². The van der Waals surface area contributed by atoms with Crippen LogP contribution < -0.4 is 5.32 Å². The summed E-state index contributed by atoms with van der Waals surface area (Å²) in [4.78, 5) is 0. The number of ether oxygens (including phenoxy) is 1. The van der Waals surface area contributed by atoms with E-state index in [9.17, 15) is 0 Å². The van der Waals surface area contributed by atoms with Crippen molar-refractivity contribution < 1.29 is 4.74 Å². The van der Waals surface area contributed by atoms with Crippen LogP contribution in [-0.4, -0.2) is 29.0 Å². The first-order valence-corrected chi connectivity index (χ1v) is 5.43. The highest BCUT2D eigenvalue weighted by Gasteiger charge is 2.05. The van der Waals surface area contributed by atoms with Crippen molar-refractivity contribution in [1.29, 1.82) is 0 Å². The second-order valence-electron chi connectivity index (χ2n) is 4.04. The first-order valence-electron chi connectivity index (χ1n) is 5.43. The molecule has 1 N–H and O–H groups in total. The molecule has 0 saturated carbocycles. The lowest BCUT2D eigenvalue weighted by atomic mass is 10.2. The monoisotopic (exact) mass is 211 g/mol. The van der Waals surface area contributed by atoms with E-state index in [-0.39, 0.29) is 0 Å². The molecule has 4 heteroatoms. The van der Waals surface area contributed by atoms with Gasteiger partial charge < -0.3 is 10.1 Å². The SMILES string of the molecule is CC(C)OCCNC(C)c1cnn(C)c1. The smallest absolute Gasteiger partial charge is 0.0594 e. The van der Waals surface area contributed by atoms with Gasteiger partial charge in [0.15, 0.2) is 0 Å². The predicted octanol–water partition coefficient (Wildman–Crippen LogP) is 1.50. The minimum atomic E-state index is 0.306. The van der Waals surface area contributed by atoms with Crippen LogP contribution in [-0.2, 0) is 11.8 Å². The van der Waals surface area contributed by atoms with Gasteiger partial charge in [-0.05, 0) is 20.8 Å². The molecule has 1 aromatic heterocycles. The van der Waals surface area contributed by atoms with E-state index in [1.807, 2.05) is 38.0 Å². The minimum Gasteiger partial charge on any atom is -0.377 e. The largest absolute Gasteiger partial charge is 0.377 e. The molecule has 0 aliphatic heterocycles. The third-order valence-electron chi connectivity index (χ3n) is 2.23.